The Morgan fingerprint density at radius 3 is 2.80 bits per heavy atom. The Morgan fingerprint density at radius 1 is 1.70 bits per heavy atom. The van der Waals surface area contributed by atoms with Gasteiger partial charge in [-0.05, 0) is 0 Å². The Balaban J connectivity index is 1.98. The highest BCUT2D eigenvalue weighted by Crippen LogP contribution is 2.07. The van der Waals surface area contributed by atoms with Crippen LogP contribution in [0.15, 0.2) is 0 Å². The fraction of sp³-hybridized carbons (Fsp3) is 0.857. The van der Waals surface area contributed by atoms with Gasteiger partial charge in [0.25, 0.3) is 0 Å². The molecule has 0 saturated carbocycles. The van der Waals surface area contributed by atoms with Crippen LogP contribution in [0.1, 0.15) is 13.3 Å². The molecule has 0 aliphatic carbocycles. The van der Waals surface area contributed by atoms with Crippen molar-refractivity contribution in [2.24, 2.45) is 5.92 Å². The third-order valence-corrected chi connectivity index (χ3v) is 1.62. The molecule has 0 spiro atoms. The van der Waals surface area contributed by atoms with Gasteiger partial charge in [0.15, 0.2) is 0 Å². The number of hydrogen-bond acceptors (Lipinski definition) is 2. The third-order valence-electron chi connectivity index (χ3n) is 1.62. The zero-order valence-corrected chi connectivity index (χ0v) is 6.22. The Hall–Kier alpha value is -0.570. The molecule has 0 unspecified atom stereocenters. The molecule has 58 valence electrons. The Bertz CT molecular complexity index is 121. The molecule has 0 aromatic carbocycles. The van der Waals surface area contributed by atoms with E-state index in [2.05, 4.69) is 5.32 Å². The van der Waals surface area contributed by atoms with Crippen LogP contribution in [0.4, 0.5) is 0 Å². The van der Waals surface area contributed by atoms with Gasteiger partial charge in [0.2, 0.25) is 5.91 Å². The molecule has 3 nitrogen and oxygen atoms in total. The minimum Gasteiger partial charge on any atom is -0.381 e. The topological polar surface area (TPSA) is 38.3 Å². The SMILES string of the molecule is CCC(=O)NCC1COC1. The fourth-order valence-corrected chi connectivity index (χ4v) is 0.786. The van der Waals surface area contributed by atoms with Gasteiger partial charge in [-0.15, -0.1) is 0 Å². The zero-order chi connectivity index (χ0) is 7.40. The lowest BCUT2D eigenvalue weighted by atomic mass is 10.1. The van der Waals surface area contributed by atoms with E-state index in [1.54, 1.807) is 0 Å². The minimum absolute atomic E-state index is 0.131. The molecule has 1 heterocycles. The van der Waals surface area contributed by atoms with Gasteiger partial charge < -0.3 is 10.1 Å². The van der Waals surface area contributed by atoms with Gasteiger partial charge in [-0.2, -0.15) is 0 Å². The summed E-state index contributed by atoms with van der Waals surface area (Å²) in [5.41, 5.74) is 0. The summed E-state index contributed by atoms with van der Waals surface area (Å²) in [6.07, 6.45) is 0.577. The Morgan fingerprint density at radius 2 is 2.40 bits per heavy atom. The van der Waals surface area contributed by atoms with Crippen LogP contribution in [0.5, 0.6) is 0 Å². The van der Waals surface area contributed by atoms with Crippen molar-refractivity contribution in [1.82, 2.24) is 5.32 Å². The number of rotatable bonds is 3. The second-order valence-corrected chi connectivity index (χ2v) is 2.56. The van der Waals surface area contributed by atoms with Crippen molar-refractivity contribution >= 4 is 5.91 Å². The van der Waals surface area contributed by atoms with Gasteiger partial charge >= 0.3 is 0 Å². The smallest absolute Gasteiger partial charge is 0.219 e. The normalized spacial score (nSPS) is 18.1. The van der Waals surface area contributed by atoms with Crippen molar-refractivity contribution < 1.29 is 9.53 Å². The minimum atomic E-state index is 0.131. The van der Waals surface area contributed by atoms with Crippen molar-refractivity contribution in [3.8, 4) is 0 Å². The maximum absolute atomic E-state index is 10.7. The molecule has 1 aliphatic rings. The lowest BCUT2D eigenvalue weighted by Gasteiger charge is -2.25. The lowest BCUT2D eigenvalue weighted by molar-refractivity contribution is -0.121. The maximum Gasteiger partial charge on any atom is 0.219 e. The van der Waals surface area contributed by atoms with E-state index < -0.39 is 0 Å². The predicted molar refractivity (Wildman–Crippen MR) is 37.6 cm³/mol. The summed E-state index contributed by atoms with van der Waals surface area (Å²) in [4.78, 5) is 10.7. The van der Waals surface area contributed by atoms with Crippen molar-refractivity contribution in [3.05, 3.63) is 0 Å². The number of ether oxygens (including phenoxy) is 1. The predicted octanol–water partition coefficient (Wildman–Crippen LogP) is 0.159. The zero-order valence-electron chi connectivity index (χ0n) is 6.22. The van der Waals surface area contributed by atoms with Gasteiger partial charge in [-0.25, -0.2) is 0 Å². The number of hydrogen-bond donors (Lipinski definition) is 1. The average Bonchev–Trinajstić information content (AvgIpc) is 1.84. The van der Waals surface area contributed by atoms with Crippen molar-refractivity contribution in [2.45, 2.75) is 13.3 Å². The van der Waals surface area contributed by atoms with Crippen LogP contribution in [0.2, 0.25) is 0 Å². The molecule has 3 heteroatoms. The molecule has 1 N–H and O–H groups in total. The van der Waals surface area contributed by atoms with Crippen LogP contribution in [-0.4, -0.2) is 25.7 Å². The van der Waals surface area contributed by atoms with Crippen LogP contribution in [-0.2, 0) is 9.53 Å². The molecule has 0 bridgehead atoms. The Kier molecular flexibility index (Phi) is 2.68. The molecule has 1 aliphatic heterocycles. The number of carbonyl (C=O) groups is 1. The maximum atomic E-state index is 10.7. The van der Waals surface area contributed by atoms with Gasteiger partial charge in [-0.3, -0.25) is 4.79 Å². The van der Waals surface area contributed by atoms with Gasteiger partial charge in [-0.1, -0.05) is 6.92 Å². The van der Waals surface area contributed by atoms with Gasteiger partial charge in [0, 0.05) is 18.9 Å². The summed E-state index contributed by atoms with van der Waals surface area (Å²) in [5, 5.41) is 2.82. The molecule has 0 atom stereocenters. The van der Waals surface area contributed by atoms with Crippen LogP contribution in [0.3, 0.4) is 0 Å². The van der Waals surface area contributed by atoms with Crippen molar-refractivity contribution in [3.63, 3.8) is 0 Å². The molecule has 0 aromatic heterocycles. The highest BCUT2D eigenvalue weighted by molar-refractivity contribution is 5.75. The molecule has 0 aromatic rings. The molecule has 10 heavy (non-hydrogen) atoms. The standard InChI is InChI=1S/C7H13NO2/c1-2-7(9)8-3-6-4-10-5-6/h6H,2-5H2,1H3,(H,8,9). The summed E-state index contributed by atoms with van der Waals surface area (Å²) in [7, 11) is 0. The van der Waals surface area contributed by atoms with Gasteiger partial charge in [0.1, 0.15) is 0 Å². The first-order valence-corrected chi connectivity index (χ1v) is 3.67. The molecule has 0 radical (unpaired) electrons. The van der Waals surface area contributed by atoms with E-state index >= 15 is 0 Å². The highest BCUT2D eigenvalue weighted by Gasteiger charge is 2.17. The first kappa shape index (κ1) is 7.54. The van der Waals surface area contributed by atoms with Crippen molar-refractivity contribution in [2.75, 3.05) is 19.8 Å². The third kappa shape index (κ3) is 1.99. The molecule has 1 saturated heterocycles. The van der Waals surface area contributed by atoms with Crippen molar-refractivity contribution in [1.29, 1.82) is 0 Å². The van der Waals surface area contributed by atoms with E-state index in [4.69, 9.17) is 4.74 Å². The van der Waals surface area contributed by atoms with E-state index in [0.29, 0.717) is 12.3 Å². The van der Waals surface area contributed by atoms with E-state index in [-0.39, 0.29) is 5.91 Å². The molecule has 1 fully saturated rings. The lowest BCUT2D eigenvalue weighted by Crippen LogP contribution is -2.38. The number of amides is 1. The largest absolute Gasteiger partial charge is 0.381 e. The first-order valence-electron chi connectivity index (χ1n) is 3.67. The quantitative estimate of drug-likeness (QED) is 0.611. The number of nitrogens with one attached hydrogen (secondary N) is 1. The summed E-state index contributed by atoms with van der Waals surface area (Å²) < 4.78 is 4.95. The monoisotopic (exact) mass is 143 g/mol. The second kappa shape index (κ2) is 3.56. The van der Waals surface area contributed by atoms with Crippen LogP contribution in [0, 0.1) is 5.92 Å². The van der Waals surface area contributed by atoms with Crippen LogP contribution >= 0.6 is 0 Å². The summed E-state index contributed by atoms with van der Waals surface area (Å²) in [6, 6.07) is 0. The second-order valence-electron chi connectivity index (χ2n) is 2.56. The molecular formula is C7H13NO2. The highest BCUT2D eigenvalue weighted by atomic mass is 16.5. The fourth-order valence-electron chi connectivity index (χ4n) is 0.786. The van der Waals surface area contributed by atoms with Crippen LogP contribution < -0.4 is 5.32 Å². The molecule has 1 amide bonds. The molecule has 1 rings (SSSR count). The number of carbonyl (C=O) groups excluding carboxylic acids is 1. The molecular weight excluding hydrogens is 130 g/mol. The average molecular weight is 143 g/mol. The van der Waals surface area contributed by atoms with Crippen LogP contribution in [0.25, 0.3) is 0 Å². The van der Waals surface area contributed by atoms with E-state index in [9.17, 15) is 4.79 Å². The van der Waals surface area contributed by atoms with E-state index in [0.717, 1.165) is 19.8 Å². The summed E-state index contributed by atoms with van der Waals surface area (Å²) in [6.45, 7) is 4.26. The van der Waals surface area contributed by atoms with E-state index in [1.165, 1.54) is 0 Å². The van der Waals surface area contributed by atoms with Gasteiger partial charge in [0.05, 0.1) is 13.2 Å². The summed E-state index contributed by atoms with van der Waals surface area (Å²) >= 11 is 0. The Labute approximate surface area is 60.7 Å². The van der Waals surface area contributed by atoms with E-state index in [1.807, 2.05) is 6.92 Å². The summed E-state index contributed by atoms with van der Waals surface area (Å²) in [5.74, 6) is 0.697. The first-order chi connectivity index (χ1) is 4.83.